The number of phenols is 1. The maximum atomic E-state index is 13.4. The van der Waals surface area contributed by atoms with E-state index in [1.165, 1.54) is 18.2 Å². The average molecular weight is 389 g/mol. The number of phenolic OH excluding ortho intramolecular Hbond substituents is 1. The number of rotatable bonds is 3. The lowest BCUT2D eigenvalue weighted by Crippen LogP contribution is -2.16. The SMILES string of the molecule is O=c1oc(-c2ccc(F)c(C(F)(F)F)c2)nn1Cc1cc(Cl)ccc1O. The van der Waals surface area contributed by atoms with Gasteiger partial charge in [0.1, 0.15) is 11.6 Å². The Balaban J connectivity index is 1.99. The molecule has 2 aromatic carbocycles. The van der Waals surface area contributed by atoms with Crippen molar-refractivity contribution in [2.24, 2.45) is 0 Å². The molecule has 0 fully saturated rings. The number of alkyl halides is 3. The van der Waals surface area contributed by atoms with E-state index in [9.17, 15) is 27.5 Å². The highest BCUT2D eigenvalue weighted by Gasteiger charge is 2.34. The first-order valence-corrected chi connectivity index (χ1v) is 7.45. The van der Waals surface area contributed by atoms with Crippen LogP contribution in [-0.4, -0.2) is 14.9 Å². The molecule has 3 aromatic rings. The normalized spacial score (nSPS) is 11.7. The van der Waals surface area contributed by atoms with Crippen LogP contribution in [0.5, 0.6) is 5.75 Å². The fourth-order valence-electron chi connectivity index (χ4n) is 2.24. The van der Waals surface area contributed by atoms with Crippen molar-refractivity contribution in [3.63, 3.8) is 0 Å². The standard InChI is InChI=1S/C16H9ClF4N2O3/c17-10-2-4-13(24)9(5-10)7-23-15(25)26-14(22-23)8-1-3-12(18)11(6-8)16(19,20)21/h1-6,24H,7H2. The van der Waals surface area contributed by atoms with Crippen molar-refractivity contribution in [1.82, 2.24) is 9.78 Å². The van der Waals surface area contributed by atoms with Crippen LogP contribution in [0.1, 0.15) is 11.1 Å². The highest BCUT2D eigenvalue weighted by atomic mass is 35.5. The Bertz CT molecular complexity index is 1030. The molecule has 3 rings (SSSR count). The van der Waals surface area contributed by atoms with Gasteiger partial charge in [-0.3, -0.25) is 0 Å². The molecule has 1 heterocycles. The fourth-order valence-corrected chi connectivity index (χ4v) is 2.44. The van der Waals surface area contributed by atoms with Gasteiger partial charge in [-0.25, -0.2) is 9.18 Å². The number of benzene rings is 2. The first-order valence-electron chi connectivity index (χ1n) is 7.07. The van der Waals surface area contributed by atoms with Crippen LogP contribution in [-0.2, 0) is 12.7 Å². The van der Waals surface area contributed by atoms with Gasteiger partial charge in [0.25, 0.3) is 0 Å². The van der Waals surface area contributed by atoms with Crippen LogP contribution in [0, 0.1) is 5.82 Å². The Labute approximate surface area is 148 Å². The highest BCUT2D eigenvalue weighted by molar-refractivity contribution is 6.30. The summed E-state index contributed by atoms with van der Waals surface area (Å²) in [6.45, 7) is -0.220. The molecule has 5 nitrogen and oxygen atoms in total. The predicted octanol–water partition coefficient (Wildman–Crippen LogP) is 4.07. The third-order valence-corrected chi connectivity index (χ3v) is 3.72. The molecule has 0 bridgehead atoms. The van der Waals surface area contributed by atoms with Crippen LogP contribution in [0.2, 0.25) is 5.02 Å². The van der Waals surface area contributed by atoms with Gasteiger partial charge in [-0.1, -0.05) is 11.6 Å². The molecule has 0 radical (unpaired) electrons. The number of aromatic nitrogens is 2. The summed E-state index contributed by atoms with van der Waals surface area (Å²) in [5.41, 5.74) is -1.46. The van der Waals surface area contributed by atoms with Crippen molar-refractivity contribution >= 4 is 11.6 Å². The number of aromatic hydroxyl groups is 1. The van der Waals surface area contributed by atoms with E-state index in [0.29, 0.717) is 17.2 Å². The number of hydrogen-bond donors (Lipinski definition) is 1. The summed E-state index contributed by atoms with van der Waals surface area (Å²) in [6, 6.07) is 6.28. The number of nitrogens with zero attached hydrogens (tertiary/aromatic N) is 2. The van der Waals surface area contributed by atoms with Crippen molar-refractivity contribution in [3.05, 3.63) is 68.9 Å². The lowest BCUT2D eigenvalue weighted by Gasteiger charge is -2.08. The second-order valence-corrected chi connectivity index (χ2v) is 5.73. The minimum absolute atomic E-state index is 0.146. The maximum Gasteiger partial charge on any atom is 0.437 e. The van der Waals surface area contributed by atoms with Crippen molar-refractivity contribution in [3.8, 4) is 17.2 Å². The molecule has 0 aliphatic carbocycles. The topological polar surface area (TPSA) is 68.3 Å². The van der Waals surface area contributed by atoms with E-state index >= 15 is 0 Å². The van der Waals surface area contributed by atoms with E-state index in [4.69, 9.17) is 16.0 Å². The molecular formula is C16H9ClF4N2O3. The Morgan fingerprint density at radius 3 is 2.62 bits per heavy atom. The molecule has 0 spiro atoms. The van der Waals surface area contributed by atoms with E-state index in [2.05, 4.69) is 5.10 Å². The zero-order chi connectivity index (χ0) is 19.1. The van der Waals surface area contributed by atoms with E-state index in [1.807, 2.05) is 0 Å². The molecule has 1 N–H and O–H groups in total. The van der Waals surface area contributed by atoms with Crippen LogP contribution in [0.15, 0.2) is 45.6 Å². The molecule has 0 aliphatic heterocycles. The van der Waals surface area contributed by atoms with Gasteiger partial charge < -0.3 is 9.52 Å². The van der Waals surface area contributed by atoms with Crippen LogP contribution in [0.25, 0.3) is 11.5 Å². The monoisotopic (exact) mass is 388 g/mol. The van der Waals surface area contributed by atoms with Gasteiger partial charge in [-0.05, 0) is 36.4 Å². The van der Waals surface area contributed by atoms with Gasteiger partial charge in [-0.2, -0.15) is 17.9 Å². The average Bonchev–Trinajstić information content (AvgIpc) is 2.91. The van der Waals surface area contributed by atoms with Crippen molar-refractivity contribution < 1.29 is 27.1 Å². The molecular weight excluding hydrogens is 380 g/mol. The van der Waals surface area contributed by atoms with Crippen molar-refractivity contribution in [1.29, 1.82) is 0 Å². The van der Waals surface area contributed by atoms with Gasteiger partial charge in [0.05, 0.1) is 12.1 Å². The van der Waals surface area contributed by atoms with Crippen molar-refractivity contribution in [2.45, 2.75) is 12.7 Å². The van der Waals surface area contributed by atoms with Crippen LogP contribution >= 0.6 is 11.6 Å². The Morgan fingerprint density at radius 1 is 1.19 bits per heavy atom. The van der Waals surface area contributed by atoms with Gasteiger partial charge in [0.2, 0.25) is 5.89 Å². The zero-order valence-electron chi connectivity index (χ0n) is 12.7. The summed E-state index contributed by atoms with van der Waals surface area (Å²) in [6.07, 6.45) is -4.91. The Hall–Kier alpha value is -2.81. The van der Waals surface area contributed by atoms with Crippen molar-refractivity contribution in [2.75, 3.05) is 0 Å². The Kier molecular flexibility index (Phi) is 4.49. The molecule has 0 unspecified atom stereocenters. The summed E-state index contributed by atoms with van der Waals surface area (Å²) < 4.78 is 57.4. The van der Waals surface area contributed by atoms with E-state index in [0.717, 1.165) is 10.7 Å². The molecule has 0 saturated carbocycles. The lowest BCUT2D eigenvalue weighted by molar-refractivity contribution is -0.139. The highest BCUT2D eigenvalue weighted by Crippen LogP contribution is 2.33. The largest absolute Gasteiger partial charge is 0.508 e. The van der Waals surface area contributed by atoms with Crippen LogP contribution < -0.4 is 5.76 Å². The van der Waals surface area contributed by atoms with Gasteiger partial charge in [0, 0.05) is 16.1 Å². The molecule has 26 heavy (non-hydrogen) atoms. The Morgan fingerprint density at radius 2 is 1.92 bits per heavy atom. The predicted molar refractivity (Wildman–Crippen MR) is 83.4 cm³/mol. The molecule has 0 amide bonds. The molecule has 136 valence electrons. The molecule has 0 atom stereocenters. The minimum atomic E-state index is -4.91. The maximum absolute atomic E-state index is 13.4. The zero-order valence-corrected chi connectivity index (χ0v) is 13.5. The quantitative estimate of drug-likeness (QED) is 0.687. The number of halogens is 5. The molecule has 0 saturated heterocycles. The summed E-state index contributed by atoms with van der Waals surface area (Å²) in [7, 11) is 0. The molecule has 0 aliphatic rings. The first kappa shape index (κ1) is 18.0. The second kappa shape index (κ2) is 6.49. The number of hydrogen-bond acceptors (Lipinski definition) is 4. The molecule has 1 aromatic heterocycles. The third-order valence-electron chi connectivity index (χ3n) is 3.49. The second-order valence-electron chi connectivity index (χ2n) is 5.30. The summed E-state index contributed by atoms with van der Waals surface area (Å²) in [5, 5.41) is 13.9. The summed E-state index contributed by atoms with van der Waals surface area (Å²) >= 11 is 5.81. The first-order chi connectivity index (χ1) is 12.1. The molecule has 10 heteroatoms. The van der Waals surface area contributed by atoms with Gasteiger partial charge in [0.15, 0.2) is 0 Å². The lowest BCUT2D eigenvalue weighted by atomic mass is 10.1. The smallest absolute Gasteiger partial charge is 0.437 e. The summed E-state index contributed by atoms with van der Waals surface area (Å²) in [5.74, 6) is -2.97. The third kappa shape index (κ3) is 3.57. The van der Waals surface area contributed by atoms with Crippen LogP contribution in [0.3, 0.4) is 0 Å². The summed E-state index contributed by atoms with van der Waals surface area (Å²) in [4.78, 5) is 11.9. The van der Waals surface area contributed by atoms with E-state index in [1.54, 1.807) is 0 Å². The van der Waals surface area contributed by atoms with E-state index < -0.39 is 29.2 Å². The fraction of sp³-hybridized carbons (Fsp3) is 0.125. The van der Waals surface area contributed by atoms with Gasteiger partial charge >= 0.3 is 11.9 Å². The minimum Gasteiger partial charge on any atom is -0.508 e. The van der Waals surface area contributed by atoms with E-state index in [-0.39, 0.29) is 23.4 Å². The van der Waals surface area contributed by atoms with Gasteiger partial charge in [-0.15, -0.1) is 5.10 Å². The van der Waals surface area contributed by atoms with Crippen LogP contribution in [0.4, 0.5) is 17.6 Å².